The van der Waals surface area contributed by atoms with E-state index in [-0.39, 0.29) is 0 Å². The van der Waals surface area contributed by atoms with E-state index in [2.05, 4.69) is 6.92 Å². The van der Waals surface area contributed by atoms with Crippen molar-refractivity contribution in [2.45, 2.75) is 11.4 Å². The Hall–Kier alpha value is -0.320. The predicted molar refractivity (Wildman–Crippen MR) is 47.0 cm³/mol. The van der Waals surface area contributed by atoms with Gasteiger partial charge in [-0.1, -0.05) is 0 Å². The average molecular weight is 262 g/mol. The number of hydrogen-bond donors (Lipinski definition) is 0. The summed E-state index contributed by atoms with van der Waals surface area (Å²) in [5.41, 5.74) is 0.886. The molecule has 1 aromatic rings. The van der Waals surface area contributed by atoms with Crippen molar-refractivity contribution in [1.29, 1.82) is 0 Å². The summed E-state index contributed by atoms with van der Waals surface area (Å²) in [5.74, 6) is 0. The van der Waals surface area contributed by atoms with E-state index in [1.54, 1.807) is 0 Å². The van der Waals surface area contributed by atoms with E-state index in [0.717, 1.165) is 10.0 Å². The van der Waals surface area contributed by atoms with Gasteiger partial charge in [0.15, 0.2) is 0 Å². The molecule has 0 saturated carbocycles. The van der Waals surface area contributed by atoms with Crippen LogP contribution >= 0.6 is 0 Å². The van der Waals surface area contributed by atoms with Crippen LogP contribution in [-0.4, -0.2) is 24.8 Å². The van der Waals surface area contributed by atoms with Crippen LogP contribution in [0.4, 0.5) is 0 Å². The zero-order chi connectivity index (χ0) is 8.10. The maximum atomic E-state index is 11.3. The molecule has 0 aliphatic carbocycles. The van der Waals surface area contributed by atoms with Crippen molar-refractivity contribution in [1.82, 2.24) is 0 Å². The predicted octanol–water partition coefficient (Wildman–Crippen LogP) is 1.97. The molecular weight excluding hydrogens is 252 g/mol. The molecule has 0 heterocycles. The molecule has 2 heteroatoms. The van der Waals surface area contributed by atoms with Gasteiger partial charge in [-0.25, -0.2) is 0 Å². The standard InChI is InChI=1S/C9H10OTe/c1-2-11-9(10)8-6-4-3-5-7-8/h3-7H,2H2,1H3. The number of rotatable bonds is 3. The van der Waals surface area contributed by atoms with Crippen LogP contribution in [0, 0.1) is 0 Å². The molecule has 58 valence electrons. The molecule has 0 spiro atoms. The molecule has 0 bridgehead atoms. The third-order valence-electron chi connectivity index (χ3n) is 1.28. The number of hydrogen-bond acceptors (Lipinski definition) is 1. The second-order valence-electron chi connectivity index (χ2n) is 2.09. The molecule has 0 radical (unpaired) electrons. The van der Waals surface area contributed by atoms with Crippen molar-refractivity contribution in [3.05, 3.63) is 35.9 Å². The zero-order valence-corrected chi connectivity index (χ0v) is 8.74. The van der Waals surface area contributed by atoms with Gasteiger partial charge in [-0.05, 0) is 0 Å². The second kappa shape index (κ2) is 4.54. The first-order chi connectivity index (χ1) is 5.34. The van der Waals surface area contributed by atoms with Gasteiger partial charge in [-0.2, -0.15) is 0 Å². The van der Waals surface area contributed by atoms with E-state index in [4.69, 9.17) is 0 Å². The summed E-state index contributed by atoms with van der Waals surface area (Å²) in [4.78, 5) is 11.3. The van der Waals surface area contributed by atoms with Crippen LogP contribution in [0.3, 0.4) is 0 Å². The van der Waals surface area contributed by atoms with Crippen LogP contribution in [0.5, 0.6) is 0 Å². The van der Waals surface area contributed by atoms with E-state index in [1.807, 2.05) is 30.3 Å². The van der Waals surface area contributed by atoms with Gasteiger partial charge in [0.2, 0.25) is 0 Å². The second-order valence-corrected chi connectivity index (χ2v) is 5.62. The van der Waals surface area contributed by atoms with Crippen LogP contribution in [0.1, 0.15) is 17.3 Å². The van der Waals surface area contributed by atoms with Crippen molar-refractivity contribution in [3.8, 4) is 0 Å². The summed E-state index contributed by atoms with van der Waals surface area (Å²) < 4.78 is 1.43. The molecule has 1 rings (SSSR count). The Bertz CT molecular complexity index is 231. The number of benzene rings is 1. The molecule has 0 aromatic heterocycles. The van der Waals surface area contributed by atoms with Gasteiger partial charge in [-0.15, -0.1) is 0 Å². The molecule has 0 N–H and O–H groups in total. The number of carbonyl (C=O) groups excluding carboxylic acids is 1. The van der Waals surface area contributed by atoms with Gasteiger partial charge in [0.1, 0.15) is 0 Å². The summed E-state index contributed by atoms with van der Waals surface area (Å²) in [6, 6.07) is 9.54. The minimum absolute atomic E-state index is 0.374. The van der Waals surface area contributed by atoms with E-state index < -0.39 is 20.9 Å². The van der Waals surface area contributed by atoms with Crippen molar-refractivity contribution >= 4 is 24.8 Å². The summed E-state index contributed by atoms with van der Waals surface area (Å²) in [5, 5.41) is 0. The molecule has 1 aromatic carbocycles. The molecule has 0 amide bonds. The quantitative estimate of drug-likeness (QED) is 0.761. The molecule has 1 nitrogen and oxygen atoms in total. The first kappa shape index (κ1) is 8.77. The SMILES string of the molecule is CC[Te]C(=O)c1ccccc1. The summed E-state index contributed by atoms with van der Waals surface area (Å²) in [7, 11) is 0. The Morgan fingerprint density at radius 1 is 1.36 bits per heavy atom. The van der Waals surface area contributed by atoms with Gasteiger partial charge in [-0.3, -0.25) is 0 Å². The van der Waals surface area contributed by atoms with Crippen LogP contribution < -0.4 is 0 Å². The molecule has 0 aliphatic heterocycles. The van der Waals surface area contributed by atoms with Gasteiger partial charge < -0.3 is 0 Å². The first-order valence-electron chi connectivity index (χ1n) is 3.56. The topological polar surface area (TPSA) is 17.1 Å². The van der Waals surface area contributed by atoms with Gasteiger partial charge in [0.05, 0.1) is 0 Å². The van der Waals surface area contributed by atoms with Gasteiger partial charge in [0.25, 0.3) is 0 Å². The fourth-order valence-corrected chi connectivity index (χ4v) is 2.40. The molecule has 11 heavy (non-hydrogen) atoms. The molecule has 0 fully saturated rings. The Labute approximate surface area is 76.9 Å². The first-order valence-corrected chi connectivity index (χ1v) is 6.38. The molecule has 0 aliphatic rings. The van der Waals surface area contributed by atoms with Crippen LogP contribution in [0.25, 0.3) is 0 Å². The Kier molecular flexibility index (Phi) is 3.62. The Morgan fingerprint density at radius 3 is 2.55 bits per heavy atom. The van der Waals surface area contributed by atoms with Crippen molar-refractivity contribution < 1.29 is 4.79 Å². The van der Waals surface area contributed by atoms with Crippen molar-refractivity contribution in [2.24, 2.45) is 0 Å². The third-order valence-corrected chi connectivity index (χ3v) is 3.53. The van der Waals surface area contributed by atoms with E-state index >= 15 is 0 Å². The van der Waals surface area contributed by atoms with Gasteiger partial charge in [0, 0.05) is 0 Å². The summed E-state index contributed by atoms with van der Waals surface area (Å²) >= 11 is -0.418. The third kappa shape index (κ3) is 2.65. The van der Waals surface area contributed by atoms with Crippen LogP contribution in [0.2, 0.25) is 4.47 Å². The Morgan fingerprint density at radius 2 is 2.00 bits per heavy atom. The fraction of sp³-hybridized carbons (Fsp3) is 0.222. The molecule has 0 saturated heterocycles. The van der Waals surface area contributed by atoms with E-state index in [0.29, 0.717) is 3.83 Å². The monoisotopic (exact) mass is 264 g/mol. The Balaban J connectivity index is 2.69. The molecular formula is C9H10OTe. The number of carbonyl (C=O) groups is 1. The van der Waals surface area contributed by atoms with E-state index in [1.165, 1.54) is 0 Å². The summed E-state index contributed by atoms with van der Waals surface area (Å²) in [6.45, 7) is 2.07. The normalized spacial score (nSPS) is 9.55. The average Bonchev–Trinajstić information content (AvgIpc) is 2.07. The van der Waals surface area contributed by atoms with E-state index in [9.17, 15) is 4.79 Å². The zero-order valence-electron chi connectivity index (χ0n) is 6.41. The van der Waals surface area contributed by atoms with Crippen molar-refractivity contribution in [3.63, 3.8) is 0 Å². The molecule has 0 unspecified atom stereocenters. The molecule has 0 atom stereocenters. The van der Waals surface area contributed by atoms with Crippen molar-refractivity contribution in [2.75, 3.05) is 0 Å². The van der Waals surface area contributed by atoms with Gasteiger partial charge >= 0.3 is 76.8 Å². The van der Waals surface area contributed by atoms with Crippen LogP contribution in [-0.2, 0) is 0 Å². The minimum atomic E-state index is -0.418. The van der Waals surface area contributed by atoms with Crippen LogP contribution in [0.15, 0.2) is 30.3 Å². The maximum absolute atomic E-state index is 11.3. The fourth-order valence-electron chi connectivity index (χ4n) is 0.789. The summed E-state index contributed by atoms with van der Waals surface area (Å²) in [6.07, 6.45) is 0.